The first-order valence-electron chi connectivity index (χ1n) is 9.77. The molecule has 0 spiro atoms. The molecule has 2 aromatic heterocycles. The lowest BCUT2D eigenvalue weighted by molar-refractivity contribution is 0.306. The second kappa shape index (κ2) is 8.52. The van der Waals surface area contributed by atoms with Crippen LogP contribution < -0.4 is 4.74 Å². The minimum absolute atomic E-state index is 0.442. The quantitative estimate of drug-likeness (QED) is 0.338. The fourth-order valence-electron chi connectivity index (χ4n) is 3.37. The Kier molecular flexibility index (Phi) is 5.66. The second-order valence-corrected chi connectivity index (χ2v) is 7.30. The summed E-state index contributed by atoms with van der Waals surface area (Å²) in [7, 11) is 0. The third kappa shape index (κ3) is 3.91. The number of unbranched alkanes of at least 4 members (excludes halogenated alkanes) is 2. The molecule has 3 aromatic rings. The third-order valence-electron chi connectivity index (χ3n) is 4.89. The van der Waals surface area contributed by atoms with Crippen LogP contribution in [0.15, 0.2) is 29.4 Å². The van der Waals surface area contributed by atoms with Crippen LogP contribution in [0.4, 0.5) is 0 Å². The number of nitrogens with zero attached hydrogens (tertiary/aromatic N) is 4. The largest absolute Gasteiger partial charge is 0.494 e. The molecule has 0 saturated heterocycles. The number of ether oxygens (including phenoxy) is 1. The number of aromatic nitrogens is 5. The van der Waals surface area contributed by atoms with E-state index in [0.717, 1.165) is 49.3 Å². The molecule has 0 saturated carbocycles. The van der Waals surface area contributed by atoms with Crippen LogP contribution >= 0.6 is 12.2 Å². The van der Waals surface area contributed by atoms with Crippen molar-refractivity contribution in [2.24, 2.45) is 5.10 Å². The van der Waals surface area contributed by atoms with Crippen LogP contribution in [0.5, 0.6) is 5.75 Å². The van der Waals surface area contributed by atoms with Crippen LogP contribution in [0, 0.1) is 4.77 Å². The van der Waals surface area contributed by atoms with E-state index in [0.29, 0.717) is 10.6 Å². The minimum atomic E-state index is 0.442. The highest BCUT2D eigenvalue weighted by Gasteiger charge is 2.23. The Balaban J connectivity index is 1.49. The molecule has 0 fully saturated rings. The predicted octanol–water partition coefficient (Wildman–Crippen LogP) is 4.27. The van der Waals surface area contributed by atoms with Crippen molar-refractivity contribution >= 4 is 18.4 Å². The molecule has 8 heteroatoms. The first-order valence-corrected chi connectivity index (χ1v) is 10.2. The van der Waals surface area contributed by atoms with Gasteiger partial charge >= 0.3 is 0 Å². The van der Waals surface area contributed by atoms with Gasteiger partial charge in [0, 0.05) is 11.3 Å². The average Bonchev–Trinajstić information content (AvgIpc) is 3.41. The van der Waals surface area contributed by atoms with Crippen molar-refractivity contribution in [1.82, 2.24) is 25.1 Å². The molecule has 1 aromatic carbocycles. The highest BCUT2D eigenvalue weighted by molar-refractivity contribution is 7.71. The topological polar surface area (TPSA) is 83.9 Å². The summed E-state index contributed by atoms with van der Waals surface area (Å²) in [6, 6.07) is 7.88. The fourth-order valence-corrected chi connectivity index (χ4v) is 3.55. The third-order valence-corrected chi connectivity index (χ3v) is 5.15. The number of rotatable bonds is 8. The number of nitrogens with one attached hydrogen (secondary N) is 2. The summed E-state index contributed by atoms with van der Waals surface area (Å²) in [5.41, 5.74) is 4.19. The van der Waals surface area contributed by atoms with Crippen LogP contribution in [-0.4, -0.2) is 37.9 Å². The Labute approximate surface area is 168 Å². The number of fused-ring (bicyclic) bond motifs is 1. The smallest absolute Gasteiger partial charge is 0.216 e. The molecule has 0 bridgehead atoms. The SMILES string of the molecule is CCCCCOc1ccc(/C=N/n2c(-c3n[nH]c4c3CCC4)n[nH]c2=S)cc1. The van der Waals surface area contributed by atoms with Gasteiger partial charge in [0.15, 0.2) is 0 Å². The van der Waals surface area contributed by atoms with Crippen LogP contribution in [0.1, 0.15) is 49.4 Å². The zero-order chi connectivity index (χ0) is 19.3. The lowest BCUT2D eigenvalue weighted by Gasteiger charge is -2.05. The average molecular weight is 397 g/mol. The normalized spacial score (nSPS) is 13.3. The standard InChI is InChI=1S/C20H24N6OS/c1-2-3-4-12-27-15-10-8-14(9-11-15)13-21-26-19(24-25-20(26)28)18-16-6-5-7-17(16)22-23-18/h8-11,13H,2-7,12H2,1H3,(H,22,23)(H,25,28)/b21-13+. The Bertz CT molecular complexity index is 1010. The summed E-state index contributed by atoms with van der Waals surface area (Å²) >= 11 is 5.35. The van der Waals surface area contributed by atoms with Gasteiger partial charge in [-0.3, -0.25) is 5.10 Å². The van der Waals surface area contributed by atoms with Gasteiger partial charge in [-0.1, -0.05) is 19.8 Å². The van der Waals surface area contributed by atoms with Gasteiger partial charge in [0.1, 0.15) is 11.4 Å². The molecule has 1 aliphatic carbocycles. The maximum atomic E-state index is 5.75. The molecular weight excluding hydrogens is 372 g/mol. The number of hydrogen-bond acceptors (Lipinski definition) is 5. The molecular formula is C20H24N6OS. The van der Waals surface area contributed by atoms with Crippen molar-refractivity contribution in [2.75, 3.05) is 6.61 Å². The van der Waals surface area contributed by atoms with Crippen molar-refractivity contribution in [2.45, 2.75) is 45.4 Å². The monoisotopic (exact) mass is 396 g/mol. The van der Waals surface area contributed by atoms with Crippen molar-refractivity contribution in [3.63, 3.8) is 0 Å². The van der Waals surface area contributed by atoms with E-state index in [4.69, 9.17) is 17.0 Å². The van der Waals surface area contributed by atoms with E-state index in [1.54, 1.807) is 10.9 Å². The van der Waals surface area contributed by atoms with E-state index >= 15 is 0 Å². The van der Waals surface area contributed by atoms with Crippen LogP contribution in [0.3, 0.4) is 0 Å². The number of benzene rings is 1. The summed E-state index contributed by atoms with van der Waals surface area (Å²) in [4.78, 5) is 0. The lowest BCUT2D eigenvalue weighted by Crippen LogP contribution is -1.98. The summed E-state index contributed by atoms with van der Waals surface area (Å²) in [5, 5.41) is 19.2. The maximum Gasteiger partial charge on any atom is 0.216 e. The first kappa shape index (κ1) is 18.6. The number of aromatic amines is 2. The summed E-state index contributed by atoms with van der Waals surface area (Å²) in [6.45, 7) is 2.94. The summed E-state index contributed by atoms with van der Waals surface area (Å²) < 4.78 is 7.82. The fraction of sp³-hybridized carbons (Fsp3) is 0.400. The number of H-pyrrole nitrogens is 2. The van der Waals surface area contributed by atoms with E-state index in [1.807, 2.05) is 24.3 Å². The van der Waals surface area contributed by atoms with E-state index in [9.17, 15) is 0 Å². The van der Waals surface area contributed by atoms with Gasteiger partial charge in [0.2, 0.25) is 10.6 Å². The van der Waals surface area contributed by atoms with E-state index in [-0.39, 0.29) is 0 Å². The molecule has 2 heterocycles. The first-order chi connectivity index (χ1) is 13.8. The zero-order valence-electron chi connectivity index (χ0n) is 15.9. The molecule has 146 valence electrons. The minimum Gasteiger partial charge on any atom is -0.494 e. The van der Waals surface area contributed by atoms with E-state index < -0.39 is 0 Å². The maximum absolute atomic E-state index is 5.75. The van der Waals surface area contributed by atoms with Gasteiger partial charge in [-0.15, -0.1) is 0 Å². The van der Waals surface area contributed by atoms with Gasteiger partial charge in [0.25, 0.3) is 0 Å². The Morgan fingerprint density at radius 1 is 1.18 bits per heavy atom. The Hall–Kier alpha value is -2.74. The van der Waals surface area contributed by atoms with Crippen molar-refractivity contribution < 1.29 is 4.74 Å². The number of aryl methyl sites for hydroxylation is 1. The molecule has 0 unspecified atom stereocenters. The van der Waals surface area contributed by atoms with Gasteiger partial charge in [-0.05, 0) is 67.7 Å². The summed E-state index contributed by atoms with van der Waals surface area (Å²) in [5.74, 6) is 1.51. The molecule has 4 rings (SSSR count). The molecule has 0 radical (unpaired) electrons. The van der Waals surface area contributed by atoms with Gasteiger partial charge in [0.05, 0.1) is 12.8 Å². The number of hydrogen-bond donors (Lipinski definition) is 2. The molecule has 0 atom stereocenters. The Morgan fingerprint density at radius 2 is 2.04 bits per heavy atom. The van der Waals surface area contributed by atoms with Gasteiger partial charge in [-0.2, -0.15) is 20.0 Å². The molecule has 0 amide bonds. The van der Waals surface area contributed by atoms with Crippen LogP contribution in [-0.2, 0) is 12.8 Å². The van der Waals surface area contributed by atoms with Crippen LogP contribution in [0.25, 0.3) is 11.5 Å². The van der Waals surface area contributed by atoms with Gasteiger partial charge < -0.3 is 4.74 Å². The molecule has 0 aliphatic heterocycles. The predicted molar refractivity (Wildman–Crippen MR) is 111 cm³/mol. The Morgan fingerprint density at radius 3 is 2.86 bits per heavy atom. The summed E-state index contributed by atoms with van der Waals surface area (Å²) in [6.07, 6.45) is 8.41. The lowest BCUT2D eigenvalue weighted by atomic mass is 10.2. The van der Waals surface area contributed by atoms with E-state index in [2.05, 4.69) is 32.4 Å². The molecule has 7 nitrogen and oxygen atoms in total. The molecule has 28 heavy (non-hydrogen) atoms. The highest BCUT2D eigenvalue weighted by atomic mass is 32.1. The molecule has 1 aliphatic rings. The second-order valence-electron chi connectivity index (χ2n) is 6.92. The van der Waals surface area contributed by atoms with Crippen molar-refractivity contribution in [3.05, 3.63) is 45.9 Å². The highest BCUT2D eigenvalue weighted by Crippen LogP contribution is 2.29. The van der Waals surface area contributed by atoms with E-state index in [1.165, 1.54) is 24.1 Å². The molecule has 2 N–H and O–H groups in total. The van der Waals surface area contributed by atoms with Crippen molar-refractivity contribution in [1.29, 1.82) is 0 Å². The van der Waals surface area contributed by atoms with Crippen LogP contribution in [0.2, 0.25) is 0 Å². The van der Waals surface area contributed by atoms with Gasteiger partial charge in [-0.25, -0.2) is 5.10 Å². The zero-order valence-corrected chi connectivity index (χ0v) is 16.8. The van der Waals surface area contributed by atoms with Crippen molar-refractivity contribution in [3.8, 4) is 17.3 Å².